The van der Waals surface area contributed by atoms with E-state index in [1.165, 1.54) is 26.4 Å². The van der Waals surface area contributed by atoms with Gasteiger partial charge in [0, 0.05) is 49.2 Å². The second kappa shape index (κ2) is 12.1. The molecule has 2 aliphatic rings. The molecular weight excluding hydrogens is 508 g/mol. The zero-order valence-electron chi connectivity index (χ0n) is 23.5. The molecule has 1 aromatic carbocycles. The number of methoxy groups -OCH3 is 1. The molecule has 40 heavy (non-hydrogen) atoms. The lowest BCUT2D eigenvalue weighted by atomic mass is 9.82. The van der Waals surface area contributed by atoms with Crippen molar-refractivity contribution < 1.29 is 19.1 Å². The number of fused-ring (bicyclic) bond motifs is 1. The molecule has 212 valence electrons. The summed E-state index contributed by atoms with van der Waals surface area (Å²) in [6, 6.07) is 7.25. The SMILES string of the molecule is CCN(CC1CCC1)C(=O)C1CCCC(NC(=O)c2cc(-c3ccc4c(C(=O)NC)n[nH]c4c3)cnc2OC)C1. The van der Waals surface area contributed by atoms with E-state index in [2.05, 4.69) is 32.7 Å². The van der Waals surface area contributed by atoms with Crippen molar-refractivity contribution in [1.29, 1.82) is 0 Å². The summed E-state index contributed by atoms with van der Waals surface area (Å²) in [7, 11) is 3.06. The number of hydrogen-bond donors (Lipinski definition) is 3. The molecule has 10 nitrogen and oxygen atoms in total. The molecule has 0 spiro atoms. The number of pyridine rings is 1. The third kappa shape index (κ3) is 5.66. The van der Waals surface area contributed by atoms with Crippen LogP contribution in [0.15, 0.2) is 30.5 Å². The number of H-pyrrole nitrogens is 1. The van der Waals surface area contributed by atoms with E-state index < -0.39 is 0 Å². The third-order valence-corrected chi connectivity index (χ3v) is 8.38. The number of rotatable bonds is 9. The summed E-state index contributed by atoms with van der Waals surface area (Å²) < 4.78 is 5.42. The Morgan fingerprint density at radius 1 is 1.07 bits per heavy atom. The number of carbonyl (C=O) groups is 3. The molecule has 0 aliphatic heterocycles. The number of hydrogen-bond acceptors (Lipinski definition) is 6. The van der Waals surface area contributed by atoms with E-state index >= 15 is 0 Å². The average Bonchev–Trinajstić information content (AvgIpc) is 3.39. The fraction of sp³-hybridized carbons (Fsp3) is 0.500. The van der Waals surface area contributed by atoms with Crippen LogP contribution in [0.2, 0.25) is 0 Å². The van der Waals surface area contributed by atoms with Gasteiger partial charge in [0.05, 0.1) is 12.6 Å². The molecule has 3 amide bonds. The number of benzene rings is 1. The summed E-state index contributed by atoms with van der Waals surface area (Å²) in [5.74, 6) is 0.510. The lowest BCUT2D eigenvalue weighted by Gasteiger charge is -2.36. The van der Waals surface area contributed by atoms with E-state index in [1.54, 1.807) is 19.3 Å². The highest BCUT2D eigenvalue weighted by Gasteiger charge is 2.33. The minimum absolute atomic E-state index is 0.0637. The number of aromatic nitrogens is 3. The molecule has 2 aromatic heterocycles. The number of ether oxygens (including phenoxy) is 1. The summed E-state index contributed by atoms with van der Waals surface area (Å²) in [4.78, 5) is 45.3. The van der Waals surface area contributed by atoms with Crippen molar-refractivity contribution in [2.45, 2.75) is 57.9 Å². The van der Waals surface area contributed by atoms with Crippen molar-refractivity contribution in [3.05, 3.63) is 41.7 Å². The van der Waals surface area contributed by atoms with Crippen molar-refractivity contribution in [2.24, 2.45) is 11.8 Å². The maximum Gasteiger partial charge on any atom is 0.272 e. The smallest absolute Gasteiger partial charge is 0.272 e. The molecule has 2 unspecified atom stereocenters. The van der Waals surface area contributed by atoms with Crippen LogP contribution in [0, 0.1) is 11.8 Å². The average molecular weight is 547 g/mol. The predicted molar refractivity (Wildman–Crippen MR) is 152 cm³/mol. The number of amides is 3. The lowest BCUT2D eigenvalue weighted by Crippen LogP contribution is -2.45. The Labute approximate surface area is 234 Å². The van der Waals surface area contributed by atoms with E-state index in [0.717, 1.165) is 43.5 Å². The van der Waals surface area contributed by atoms with E-state index in [-0.39, 0.29) is 35.6 Å². The van der Waals surface area contributed by atoms with Gasteiger partial charge in [-0.25, -0.2) is 4.98 Å². The summed E-state index contributed by atoms with van der Waals surface area (Å²) in [5, 5.41) is 13.5. The molecule has 2 fully saturated rings. The predicted octanol–water partition coefficient (Wildman–Crippen LogP) is 3.93. The largest absolute Gasteiger partial charge is 0.480 e. The quantitative estimate of drug-likeness (QED) is 0.373. The van der Waals surface area contributed by atoms with E-state index in [0.29, 0.717) is 34.5 Å². The van der Waals surface area contributed by atoms with Gasteiger partial charge in [0.1, 0.15) is 5.56 Å². The number of nitrogens with one attached hydrogen (secondary N) is 3. The third-order valence-electron chi connectivity index (χ3n) is 8.38. The van der Waals surface area contributed by atoms with Gasteiger partial charge in [0.25, 0.3) is 11.8 Å². The zero-order chi connectivity index (χ0) is 28.2. The van der Waals surface area contributed by atoms with Gasteiger partial charge in [0.2, 0.25) is 11.8 Å². The van der Waals surface area contributed by atoms with Crippen molar-refractivity contribution in [1.82, 2.24) is 30.7 Å². The molecule has 2 atom stereocenters. The molecule has 10 heteroatoms. The molecule has 2 heterocycles. The number of carbonyl (C=O) groups excluding carboxylic acids is 3. The Morgan fingerprint density at radius 3 is 2.58 bits per heavy atom. The van der Waals surface area contributed by atoms with Gasteiger partial charge in [-0.2, -0.15) is 5.10 Å². The number of aromatic amines is 1. The molecule has 0 radical (unpaired) electrons. The Balaban J connectivity index is 1.30. The highest BCUT2D eigenvalue weighted by molar-refractivity contribution is 6.05. The summed E-state index contributed by atoms with van der Waals surface area (Å²) >= 11 is 0. The Morgan fingerprint density at radius 2 is 1.88 bits per heavy atom. The van der Waals surface area contributed by atoms with Crippen LogP contribution in [0.25, 0.3) is 22.0 Å². The summed E-state index contributed by atoms with van der Waals surface area (Å²) in [6.45, 7) is 3.64. The van der Waals surface area contributed by atoms with Gasteiger partial charge in [-0.05, 0) is 68.7 Å². The number of nitrogens with zero attached hydrogens (tertiary/aromatic N) is 3. The zero-order valence-corrected chi connectivity index (χ0v) is 23.5. The summed E-state index contributed by atoms with van der Waals surface area (Å²) in [6.07, 6.45) is 8.61. The van der Waals surface area contributed by atoms with Gasteiger partial charge >= 0.3 is 0 Å². The van der Waals surface area contributed by atoms with Gasteiger partial charge in [-0.3, -0.25) is 19.5 Å². The topological polar surface area (TPSA) is 129 Å². The van der Waals surface area contributed by atoms with E-state index in [9.17, 15) is 14.4 Å². The molecule has 3 aromatic rings. The second-order valence-corrected chi connectivity index (χ2v) is 10.9. The minimum Gasteiger partial charge on any atom is -0.480 e. The van der Waals surface area contributed by atoms with Crippen molar-refractivity contribution in [3.63, 3.8) is 0 Å². The minimum atomic E-state index is -0.268. The van der Waals surface area contributed by atoms with E-state index in [1.807, 2.05) is 23.1 Å². The van der Waals surface area contributed by atoms with Gasteiger partial charge in [-0.1, -0.05) is 18.9 Å². The van der Waals surface area contributed by atoms with Crippen LogP contribution < -0.4 is 15.4 Å². The highest BCUT2D eigenvalue weighted by Crippen LogP contribution is 2.31. The molecule has 2 aliphatic carbocycles. The van der Waals surface area contributed by atoms with E-state index in [4.69, 9.17) is 4.74 Å². The normalized spacial score (nSPS) is 19.1. The summed E-state index contributed by atoms with van der Waals surface area (Å²) in [5.41, 5.74) is 2.92. The maximum absolute atomic E-state index is 13.5. The van der Waals surface area contributed by atoms with Crippen LogP contribution in [-0.2, 0) is 4.79 Å². The first-order chi connectivity index (χ1) is 19.4. The fourth-order valence-corrected chi connectivity index (χ4v) is 5.85. The Bertz CT molecular complexity index is 1400. The van der Waals surface area contributed by atoms with Crippen molar-refractivity contribution in [3.8, 4) is 17.0 Å². The molecular formula is C30H38N6O4. The lowest BCUT2D eigenvalue weighted by molar-refractivity contribution is -0.137. The van der Waals surface area contributed by atoms with Crippen molar-refractivity contribution >= 4 is 28.6 Å². The van der Waals surface area contributed by atoms with Gasteiger partial charge < -0.3 is 20.3 Å². The van der Waals surface area contributed by atoms with Crippen LogP contribution in [0.1, 0.15) is 72.7 Å². The first-order valence-corrected chi connectivity index (χ1v) is 14.3. The van der Waals surface area contributed by atoms with Crippen LogP contribution in [0.3, 0.4) is 0 Å². The molecule has 5 rings (SSSR count). The van der Waals surface area contributed by atoms with Gasteiger partial charge in [0.15, 0.2) is 5.69 Å². The van der Waals surface area contributed by atoms with Crippen LogP contribution in [-0.4, -0.2) is 71.1 Å². The molecule has 0 saturated heterocycles. The van der Waals surface area contributed by atoms with Crippen LogP contribution in [0.4, 0.5) is 0 Å². The fourth-order valence-electron chi connectivity index (χ4n) is 5.85. The standard InChI is InChI=1S/C30H38N6O4/c1-4-36(17-18-7-5-8-18)30(39)20-9-6-10-22(13-20)33-27(37)24-14-21(16-32-29(24)40-3)19-11-12-23-25(15-19)34-35-26(23)28(38)31-2/h11-12,14-16,18,20,22H,4-10,13,17H2,1-3H3,(H,31,38)(H,33,37)(H,34,35). The first kappa shape index (κ1) is 27.6. The van der Waals surface area contributed by atoms with Crippen molar-refractivity contribution in [2.75, 3.05) is 27.2 Å². The molecule has 0 bridgehead atoms. The van der Waals surface area contributed by atoms with Crippen LogP contribution >= 0.6 is 0 Å². The van der Waals surface area contributed by atoms with Gasteiger partial charge in [-0.15, -0.1) is 0 Å². The van der Waals surface area contributed by atoms with Crippen LogP contribution in [0.5, 0.6) is 5.88 Å². The maximum atomic E-state index is 13.5. The first-order valence-electron chi connectivity index (χ1n) is 14.3. The molecule has 3 N–H and O–H groups in total. The Hall–Kier alpha value is -3.95. The second-order valence-electron chi connectivity index (χ2n) is 10.9. The Kier molecular flexibility index (Phi) is 8.32. The monoisotopic (exact) mass is 546 g/mol. The highest BCUT2D eigenvalue weighted by atomic mass is 16.5. The molecule has 2 saturated carbocycles.